The van der Waals surface area contributed by atoms with E-state index in [-0.39, 0.29) is 15.4 Å². The molecule has 86 valence electrons. The van der Waals surface area contributed by atoms with Gasteiger partial charge in [-0.1, -0.05) is 13.8 Å². The van der Waals surface area contributed by atoms with Crippen molar-refractivity contribution in [3.05, 3.63) is 0 Å². The third kappa shape index (κ3) is 6.54. The number of nitrogens with zero attached hydrogens (tertiary/aromatic N) is 1. The van der Waals surface area contributed by atoms with Gasteiger partial charge < -0.3 is 9.55 Å². The van der Waals surface area contributed by atoms with Gasteiger partial charge in [-0.25, -0.2) is 0 Å². The lowest BCUT2D eigenvalue weighted by Gasteiger charge is -2.34. The summed E-state index contributed by atoms with van der Waals surface area (Å²) in [6.07, 6.45) is 0.478. The van der Waals surface area contributed by atoms with Crippen molar-refractivity contribution in [1.29, 1.82) is 0 Å². The lowest BCUT2D eigenvalue weighted by Crippen LogP contribution is -2.54. The zero-order valence-corrected chi connectivity index (χ0v) is 12.1. The molecule has 0 radical (unpaired) electrons. The van der Waals surface area contributed by atoms with E-state index in [1.807, 2.05) is 0 Å². The number of hydrogen-bond acceptors (Lipinski definition) is 3. The minimum absolute atomic E-state index is 0.202. The van der Waals surface area contributed by atoms with Gasteiger partial charge in [0.1, 0.15) is 0 Å². The van der Waals surface area contributed by atoms with Crippen molar-refractivity contribution in [3.63, 3.8) is 0 Å². The van der Waals surface area contributed by atoms with Gasteiger partial charge in [0.15, 0.2) is 9.84 Å². The van der Waals surface area contributed by atoms with Crippen LogP contribution in [0.5, 0.6) is 0 Å². The third-order valence-corrected chi connectivity index (χ3v) is 4.29. The highest BCUT2D eigenvalue weighted by atomic mass is 28.2. The molecule has 0 aliphatic heterocycles. The quantitative estimate of drug-likeness (QED) is 0.505. The van der Waals surface area contributed by atoms with Crippen molar-refractivity contribution in [2.45, 2.75) is 53.2 Å². The molecule has 3 nitrogen and oxygen atoms in total. The molecule has 0 saturated carbocycles. The van der Waals surface area contributed by atoms with Gasteiger partial charge in [0.2, 0.25) is 0 Å². The van der Waals surface area contributed by atoms with Crippen molar-refractivity contribution in [2.75, 3.05) is 13.1 Å². The van der Waals surface area contributed by atoms with E-state index in [1.54, 1.807) is 0 Å². The molecule has 0 amide bonds. The zero-order chi connectivity index (χ0) is 11.2. The molecular weight excluding hydrogens is 190 g/mol. The average Bonchev–Trinajstić information content (AvgIpc) is 2.02. The zero-order valence-electron chi connectivity index (χ0n) is 10.6. The Labute approximate surface area is 91.6 Å². The Morgan fingerprint density at radius 3 is 2.21 bits per heavy atom. The van der Waals surface area contributed by atoms with Gasteiger partial charge in [-0.2, -0.15) is 0 Å². The van der Waals surface area contributed by atoms with Crippen LogP contribution in [-0.2, 0) is 0 Å². The van der Waals surface area contributed by atoms with E-state index in [0.29, 0.717) is 6.17 Å². The molecule has 0 saturated heterocycles. The smallest absolute Gasteiger partial charge is 0.171 e. The Bertz CT molecular complexity index is 145. The van der Waals surface area contributed by atoms with Crippen molar-refractivity contribution in [3.8, 4) is 0 Å². The Kier molecular flexibility index (Phi) is 6.60. The Balaban J connectivity index is 3.97. The normalized spacial score (nSPS) is 15.6. The van der Waals surface area contributed by atoms with Crippen molar-refractivity contribution in [1.82, 2.24) is 14.9 Å². The first-order chi connectivity index (χ1) is 6.40. The maximum absolute atomic E-state index is 3.60. The Hall–Kier alpha value is 0.0969. The Morgan fingerprint density at radius 2 is 1.86 bits per heavy atom. The maximum atomic E-state index is 3.60. The molecule has 0 aliphatic rings. The lowest BCUT2D eigenvalue weighted by atomic mass is 10.1. The highest BCUT2D eigenvalue weighted by Gasteiger charge is 2.17. The van der Waals surface area contributed by atoms with Crippen LogP contribution in [0.1, 0.15) is 41.5 Å². The molecule has 1 atom stereocenters. The van der Waals surface area contributed by atoms with Crippen LogP contribution in [0, 0.1) is 0 Å². The average molecular weight is 217 g/mol. The van der Waals surface area contributed by atoms with E-state index < -0.39 is 0 Å². The first kappa shape index (κ1) is 14.1. The second-order valence-corrected chi connectivity index (χ2v) is 6.37. The highest BCUT2D eigenvalue weighted by Crippen LogP contribution is 2.03. The first-order valence-electron chi connectivity index (χ1n) is 5.63. The molecule has 0 rings (SSSR count). The summed E-state index contributed by atoms with van der Waals surface area (Å²) in [4.78, 5) is 3.49. The van der Waals surface area contributed by atoms with E-state index in [1.165, 1.54) is 0 Å². The summed E-state index contributed by atoms with van der Waals surface area (Å²) in [5, 5.41) is 3.60. The van der Waals surface area contributed by atoms with E-state index >= 15 is 0 Å². The molecular formula is C10H27N3Si. The van der Waals surface area contributed by atoms with Gasteiger partial charge in [-0.3, -0.25) is 5.32 Å². The van der Waals surface area contributed by atoms with Gasteiger partial charge in [0.25, 0.3) is 0 Å². The van der Waals surface area contributed by atoms with Crippen LogP contribution in [0.4, 0.5) is 0 Å². The molecule has 0 aromatic carbocycles. The van der Waals surface area contributed by atoms with E-state index in [2.05, 4.69) is 56.4 Å². The third-order valence-electron chi connectivity index (χ3n) is 2.16. The largest absolute Gasteiger partial charge is 0.331 e. The molecule has 0 aliphatic carbocycles. The summed E-state index contributed by atoms with van der Waals surface area (Å²) in [7, 11) is -0.270. The summed E-state index contributed by atoms with van der Waals surface area (Å²) in [5.41, 5.74) is 0.202. The van der Waals surface area contributed by atoms with Crippen LogP contribution in [0.2, 0.25) is 0 Å². The van der Waals surface area contributed by atoms with Gasteiger partial charge in [-0.15, -0.1) is 0 Å². The molecule has 0 aromatic heterocycles. The molecule has 0 spiro atoms. The summed E-state index contributed by atoms with van der Waals surface area (Å²) in [6, 6.07) is 0. The van der Waals surface area contributed by atoms with Crippen molar-refractivity contribution >= 4 is 9.84 Å². The topological polar surface area (TPSA) is 27.3 Å². The minimum atomic E-state index is -0.270. The summed E-state index contributed by atoms with van der Waals surface area (Å²) in [6.45, 7) is 15.5. The molecule has 0 aromatic rings. The van der Waals surface area contributed by atoms with Crippen LogP contribution in [-0.4, -0.2) is 39.2 Å². The fraction of sp³-hybridized carbons (Fsp3) is 1.00. The lowest BCUT2D eigenvalue weighted by molar-refractivity contribution is 0.245. The van der Waals surface area contributed by atoms with Gasteiger partial charge in [0.05, 0.1) is 6.17 Å². The fourth-order valence-electron chi connectivity index (χ4n) is 1.50. The van der Waals surface area contributed by atoms with Gasteiger partial charge in [-0.05, 0) is 40.8 Å². The molecule has 2 N–H and O–H groups in total. The predicted molar refractivity (Wildman–Crippen MR) is 67.0 cm³/mol. The second-order valence-electron chi connectivity index (χ2n) is 4.74. The van der Waals surface area contributed by atoms with Crippen LogP contribution >= 0.6 is 0 Å². The molecule has 1 unspecified atom stereocenters. The summed E-state index contributed by atoms with van der Waals surface area (Å²) in [5.74, 6) is 0. The second kappa shape index (κ2) is 6.56. The molecule has 0 heterocycles. The number of hydrogen-bond donors (Lipinski definition) is 2. The van der Waals surface area contributed by atoms with E-state index in [9.17, 15) is 0 Å². The monoisotopic (exact) mass is 217 g/mol. The predicted octanol–water partition coefficient (Wildman–Crippen LogP) is 0.651. The molecule has 0 bridgehead atoms. The number of nitrogens with one attached hydrogen (secondary N) is 2. The SMILES string of the molecule is CCN[SiH2]N(CC)C(C)NC(C)(C)C. The van der Waals surface area contributed by atoms with Crippen LogP contribution in [0.15, 0.2) is 0 Å². The molecule has 4 heteroatoms. The number of rotatable bonds is 6. The standard InChI is InChI=1S/C10H27N3Si/c1-7-11-14-13(8-2)9(3)12-10(4,5)6/h9,11-12H,7-8,14H2,1-6H3. The van der Waals surface area contributed by atoms with E-state index in [0.717, 1.165) is 13.1 Å². The highest BCUT2D eigenvalue weighted by molar-refractivity contribution is 6.28. The summed E-state index contributed by atoms with van der Waals surface area (Å²) < 4.78 is 2.52. The van der Waals surface area contributed by atoms with Crippen molar-refractivity contribution < 1.29 is 0 Å². The van der Waals surface area contributed by atoms with Crippen LogP contribution < -0.4 is 10.3 Å². The van der Waals surface area contributed by atoms with Crippen molar-refractivity contribution in [2.24, 2.45) is 0 Å². The van der Waals surface area contributed by atoms with E-state index in [4.69, 9.17) is 0 Å². The Morgan fingerprint density at radius 1 is 1.29 bits per heavy atom. The van der Waals surface area contributed by atoms with Crippen LogP contribution in [0.25, 0.3) is 0 Å². The summed E-state index contributed by atoms with van der Waals surface area (Å²) >= 11 is 0. The molecule has 14 heavy (non-hydrogen) atoms. The first-order valence-corrected chi connectivity index (χ1v) is 6.97. The van der Waals surface area contributed by atoms with Gasteiger partial charge in [0, 0.05) is 5.54 Å². The van der Waals surface area contributed by atoms with Crippen LogP contribution in [0.3, 0.4) is 0 Å². The maximum Gasteiger partial charge on any atom is 0.171 e. The minimum Gasteiger partial charge on any atom is -0.331 e. The molecule has 0 fully saturated rings. The fourth-order valence-corrected chi connectivity index (χ4v) is 2.60. The van der Waals surface area contributed by atoms with Gasteiger partial charge >= 0.3 is 0 Å².